The number of aliphatic imine (C=N–C) groups is 1. The Morgan fingerprint density at radius 3 is 2.42 bits per heavy atom. The monoisotopic (exact) mass is 591 g/mol. The van der Waals surface area contributed by atoms with E-state index in [-0.39, 0.29) is 51.2 Å². The van der Waals surface area contributed by atoms with Crippen LogP contribution in [-0.2, 0) is 19.6 Å². The predicted molar refractivity (Wildman–Crippen MR) is 147 cm³/mol. The molecule has 1 spiro atoms. The normalized spacial score (nSPS) is 20.6. The fourth-order valence-electron chi connectivity index (χ4n) is 4.70. The highest BCUT2D eigenvalue weighted by molar-refractivity contribution is 7.92. The van der Waals surface area contributed by atoms with Crippen molar-refractivity contribution in [3.63, 3.8) is 0 Å². The van der Waals surface area contributed by atoms with Crippen LogP contribution in [0.25, 0.3) is 0 Å². The molecule has 2 aromatic carbocycles. The van der Waals surface area contributed by atoms with Crippen molar-refractivity contribution in [1.82, 2.24) is 0 Å². The number of methoxy groups -OCH3 is 2. The number of halogens is 1. The van der Waals surface area contributed by atoms with Gasteiger partial charge in [0.25, 0.3) is 0 Å². The number of rotatable bonds is 8. The van der Waals surface area contributed by atoms with Crippen LogP contribution >= 0.6 is 11.6 Å². The number of anilines is 1. The van der Waals surface area contributed by atoms with E-state index in [1.807, 2.05) is 0 Å². The number of hydrogen-bond donors (Lipinski definition) is 2. The molecular weight excluding hydrogens is 566 g/mol. The van der Waals surface area contributed by atoms with Gasteiger partial charge in [0.1, 0.15) is 28.6 Å². The number of carbonyl (C=O) groups is 3. The van der Waals surface area contributed by atoms with E-state index in [1.54, 1.807) is 6.92 Å². The SMILES string of the molecule is COc1cc(OC)c2c(c1Cl)OC1(C2=O)C(O)=C(C=Nc2ccc(N(CC(N)=O)S(C)(=O)=O)cc2)C(=O)CC1C. The van der Waals surface area contributed by atoms with Crippen LogP contribution in [0.3, 0.4) is 0 Å². The van der Waals surface area contributed by atoms with Crippen molar-refractivity contribution in [1.29, 1.82) is 0 Å². The quantitative estimate of drug-likeness (QED) is 0.437. The standard InChI is InChI=1S/C26H26ClN3O9S/c1-13-9-17(31)16(11-29-14-5-7-15(8-6-14)30(12-20(28)32)40(4,35)36)24(33)26(13)25(34)21-18(37-2)10-19(38-3)22(27)23(21)39-26/h5-8,10-11,13,33H,9,12H2,1-4H3,(H2,28,32). The van der Waals surface area contributed by atoms with Crippen molar-refractivity contribution < 1.29 is 42.1 Å². The molecule has 1 heterocycles. The molecule has 2 aromatic rings. The van der Waals surface area contributed by atoms with E-state index in [2.05, 4.69) is 4.99 Å². The molecule has 0 saturated heterocycles. The molecule has 0 fully saturated rings. The molecule has 14 heteroatoms. The van der Waals surface area contributed by atoms with Gasteiger partial charge in [-0.1, -0.05) is 18.5 Å². The zero-order valence-corrected chi connectivity index (χ0v) is 23.5. The number of primary amides is 1. The van der Waals surface area contributed by atoms with Crippen molar-refractivity contribution in [2.45, 2.75) is 18.9 Å². The Morgan fingerprint density at radius 1 is 1.25 bits per heavy atom. The maximum absolute atomic E-state index is 13.8. The summed E-state index contributed by atoms with van der Waals surface area (Å²) >= 11 is 6.43. The first kappa shape index (κ1) is 28.9. The van der Waals surface area contributed by atoms with Gasteiger partial charge in [0.15, 0.2) is 17.3 Å². The van der Waals surface area contributed by atoms with Gasteiger partial charge in [-0.3, -0.25) is 23.7 Å². The molecule has 40 heavy (non-hydrogen) atoms. The number of nitrogens with zero attached hydrogens (tertiary/aromatic N) is 2. The number of fused-ring (bicyclic) bond motifs is 1. The molecule has 212 valence electrons. The zero-order valence-electron chi connectivity index (χ0n) is 21.9. The van der Waals surface area contributed by atoms with Gasteiger partial charge < -0.3 is 25.1 Å². The third-order valence-corrected chi connectivity index (χ3v) is 8.19. The Labute approximate surface area is 235 Å². The fourth-order valence-corrected chi connectivity index (χ4v) is 5.83. The summed E-state index contributed by atoms with van der Waals surface area (Å²) in [6.07, 6.45) is 1.90. The lowest BCUT2D eigenvalue weighted by atomic mass is 9.73. The van der Waals surface area contributed by atoms with Crippen molar-refractivity contribution in [3.8, 4) is 17.2 Å². The van der Waals surface area contributed by atoms with Gasteiger partial charge in [0.05, 0.1) is 37.4 Å². The number of Topliss-reactive ketones (excluding diaryl/α,β-unsaturated/α-hetero) is 2. The molecule has 12 nitrogen and oxygen atoms in total. The molecule has 1 aliphatic carbocycles. The Hall–Kier alpha value is -4.10. The minimum Gasteiger partial charge on any atom is -0.507 e. The van der Waals surface area contributed by atoms with Gasteiger partial charge in [0.2, 0.25) is 27.3 Å². The minimum absolute atomic E-state index is 0.00945. The number of hydrogen-bond acceptors (Lipinski definition) is 10. The van der Waals surface area contributed by atoms with Crippen LogP contribution in [0.15, 0.2) is 46.7 Å². The summed E-state index contributed by atoms with van der Waals surface area (Å²) in [7, 11) is -1.05. The van der Waals surface area contributed by atoms with E-state index >= 15 is 0 Å². The van der Waals surface area contributed by atoms with E-state index in [1.165, 1.54) is 44.6 Å². The summed E-state index contributed by atoms with van der Waals surface area (Å²) in [6.45, 7) is 1.05. The number of carbonyl (C=O) groups excluding carboxylic acids is 3. The largest absolute Gasteiger partial charge is 0.507 e. The average molecular weight is 592 g/mol. The van der Waals surface area contributed by atoms with Crippen molar-refractivity contribution in [2.75, 3.05) is 31.3 Å². The van der Waals surface area contributed by atoms with E-state index in [0.29, 0.717) is 0 Å². The number of aliphatic hydroxyl groups is 1. The first-order valence-electron chi connectivity index (χ1n) is 11.8. The number of amides is 1. The number of aliphatic hydroxyl groups excluding tert-OH is 1. The molecular formula is C26H26ClN3O9S. The lowest BCUT2D eigenvalue weighted by Gasteiger charge is -2.36. The second kappa shape index (κ2) is 10.5. The van der Waals surface area contributed by atoms with Crippen LogP contribution in [-0.4, -0.2) is 69.8 Å². The number of allylic oxidation sites excluding steroid dienone is 1. The summed E-state index contributed by atoms with van der Waals surface area (Å²) in [5.41, 5.74) is 3.45. The van der Waals surface area contributed by atoms with E-state index in [4.69, 9.17) is 31.5 Å². The molecule has 1 aliphatic heterocycles. The summed E-state index contributed by atoms with van der Waals surface area (Å²) in [4.78, 5) is 42.3. The first-order chi connectivity index (χ1) is 18.8. The van der Waals surface area contributed by atoms with Gasteiger partial charge in [-0.25, -0.2) is 8.42 Å². The molecule has 2 unspecified atom stereocenters. The van der Waals surface area contributed by atoms with E-state index in [0.717, 1.165) is 16.8 Å². The first-order valence-corrected chi connectivity index (χ1v) is 14.0. The predicted octanol–water partition coefficient (Wildman–Crippen LogP) is 2.75. The van der Waals surface area contributed by atoms with Crippen LogP contribution < -0.4 is 24.2 Å². The lowest BCUT2D eigenvalue weighted by molar-refractivity contribution is -0.119. The highest BCUT2D eigenvalue weighted by Gasteiger charge is 2.60. The van der Waals surface area contributed by atoms with Crippen molar-refractivity contribution in [2.24, 2.45) is 16.6 Å². The molecule has 2 aliphatic rings. The summed E-state index contributed by atoms with van der Waals surface area (Å²) < 4.78 is 41.6. The van der Waals surface area contributed by atoms with Crippen LogP contribution in [0.2, 0.25) is 5.02 Å². The Kier molecular flexibility index (Phi) is 7.56. The van der Waals surface area contributed by atoms with E-state index < -0.39 is 51.3 Å². The second-order valence-electron chi connectivity index (χ2n) is 9.27. The highest BCUT2D eigenvalue weighted by atomic mass is 35.5. The Morgan fingerprint density at radius 2 is 1.88 bits per heavy atom. The number of sulfonamides is 1. The fraction of sp³-hybridized carbons (Fsp3) is 0.308. The van der Waals surface area contributed by atoms with E-state index in [9.17, 15) is 27.9 Å². The summed E-state index contributed by atoms with van der Waals surface area (Å²) in [5, 5.41) is 11.4. The maximum Gasteiger partial charge on any atom is 0.238 e. The molecule has 4 rings (SSSR count). The van der Waals surface area contributed by atoms with Gasteiger partial charge in [0, 0.05) is 24.6 Å². The molecule has 0 bridgehead atoms. The number of ether oxygens (including phenoxy) is 3. The van der Waals surface area contributed by atoms with Crippen LogP contribution in [0.1, 0.15) is 23.7 Å². The van der Waals surface area contributed by atoms with Gasteiger partial charge in [-0.15, -0.1) is 0 Å². The maximum atomic E-state index is 13.8. The number of ketones is 2. The lowest BCUT2D eigenvalue weighted by Crippen LogP contribution is -2.52. The molecule has 2 atom stereocenters. The van der Waals surface area contributed by atoms with Crippen LogP contribution in [0.4, 0.5) is 11.4 Å². The van der Waals surface area contributed by atoms with Crippen LogP contribution in [0.5, 0.6) is 17.2 Å². The summed E-state index contributed by atoms with van der Waals surface area (Å²) in [5.74, 6) is -3.04. The van der Waals surface area contributed by atoms with Gasteiger partial charge in [-0.2, -0.15) is 0 Å². The highest BCUT2D eigenvalue weighted by Crippen LogP contribution is 2.54. The molecule has 1 amide bonds. The van der Waals surface area contributed by atoms with Gasteiger partial charge in [-0.05, 0) is 24.3 Å². The third kappa shape index (κ3) is 4.75. The topological polar surface area (TPSA) is 175 Å². The third-order valence-electron chi connectivity index (χ3n) is 6.69. The smallest absolute Gasteiger partial charge is 0.238 e. The number of benzene rings is 2. The van der Waals surface area contributed by atoms with Gasteiger partial charge >= 0.3 is 0 Å². The molecule has 0 aromatic heterocycles. The van der Waals surface area contributed by atoms with Crippen molar-refractivity contribution >= 4 is 56.7 Å². The Bertz CT molecular complexity index is 1590. The second-order valence-corrected chi connectivity index (χ2v) is 11.6. The summed E-state index contributed by atoms with van der Waals surface area (Å²) in [6, 6.07) is 7.12. The zero-order chi connectivity index (χ0) is 29.6. The number of nitrogens with two attached hydrogens (primary N) is 1. The van der Waals surface area contributed by atoms with Crippen LogP contribution in [0, 0.1) is 5.92 Å². The molecule has 0 radical (unpaired) electrons. The average Bonchev–Trinajstić information content (AvgIpc) is 3.21. The molecule has 0 saturated carbocycles. The molecule has 3 N–H and O–H groups in total. The Balaban J connectivity index is 1.73. The minimum atomic E-state index is -3.79. The van der Waals surface area contributed by atoms with Crippen molar-refractivity contribution in [3.05, 3.63) is 52.3 Å².